The van der Waals surface area contributed by atoms with E-state index < -0.39 is 0 Å². The highest BCUT2D eigenvalue weighted by atomic mass is 35.5. The van der Waals surface area contributed by atoms with Gasteiger partial charge in [0.1, 0.15) is 0 Å². The molecule has 6 heteroatoms. The fraction of sp³-hybridized carbons (Fsp3) is 0.357. The number of aromatic nitrogens is 2. The van der Waals surface area contributed by atoms with Crippen LogP contribution in [0, 0.1) is 5.92 Å². The van der Waals surface area contributed by atoms with E-state index in [2.05, 4.69) is 15.5 Å². The SMILES string of the molecule is O=C1NCCCC1Cc1noc(-c2cccc(Cl)c2)n1. The third-order valence-electron chi connectivity index (χ3n) is 3.37. The van der Waals surface area contributed by atoms with Crippen LogP contribution in [0.2, 0.25) is 5.02 Å². The highest BCUT2D eigenvalue weighted by Crippen LogP contribution is 2.22. The summed E-state index contributed by atoms with van der Waals surface area (Å²) in [4.78, 5) is 16.0. The first-order valence-corrected chi connectivity index (χ1v) is 6.96. The number of carbonyl (C=O) groups is 1. The second kappa shape index (κ2) is 5.63. The van der Waals surface area contributed by atoms with Crippen molar-refractivity contribution in [2.45, 2.75) is 19.3 Å². The number of rotatable bonds is 3. The Morgan fingerprint density at radius 2 is 2.35 bits per heavy atom. The van der Waals surface area contributed by atoms with Crippen molar-refractivity contribution >= 4 is 17.5 Å². The van der Waals surface area contributed by atoms with Gasteiger partial charge in [-0.25, -0.2) is 0 Å². The number of hydrogen-bond acceptors (Lipinski definition) is 4. The molecular formula is C14H14ClN3O2. The number of nitrogens with one attached hydrogen (secondary N) is 1. The fourth-order valence-electron chi connectivity index (χ4n) is 2.33. The molecule has 0 aliphatic carbocycles. The molecule has 2 heterocycles. The lowest BCUT2D eigenvalue weighted by molar-refractivity contribution is -0.126. The van der Waals surface area contributed by atoms with Crippen LogP contribution in [-0.2, 0) is 11.2 Å². The molecular weight excluding hydrogens is 278 g/mol. The highest BCUT2D eigenvalue weighted by molar-refractivity contribution is 6.30. The largest absolute Gasteiger partial charge is 0.356 e. The van der Waals surface area contributed by atoms with Crippen LogP contribution in [0.3, 0.4) is 0 Å². The van der Waals surface area contributed by atoms with Crippen molar-refractivity contribution in [3.8, 4) is 11.5 Å². The third-order valence-corrected chi connectivity index (χ3v) is 3.60. The average Bonchev–Trinajstić information content (AvgIpc) is 2.90. The van der Waals surface area contributed by atoms with Crippen LogP contribution in [0.25, 0.3) is 11.5 Å². The van der Waals surface area contributed by atoms with Gasteiger partial charge >= 0.3 is 0 Å². The van der Waals surface area contributed by atoms with Gasteiger partial charge in [-0.15, -0.1) is 0 Å². The summed E-state index contributed by atoms with van der Waals surface area (Å²) in [6, 6.07) is 7.24. The van der Waals surface area contributed by atoms with Crippen LogP contribution >= 0.6 is 11.6 Å². The molecule has 0 spiro atoms. The minimum atomic E-state index is -0.0615. The topological polar surface area (TPSA) is 68.0 Å². The quantitative estimate of drug-likeness (QED) is 0.943. The van der Waals surface area contributed by atoms with Crippen molar-refractivity contribution in [3.63, 3.8) is 0 Å². The maximum absolute atomic E-state index is 11.7. The first kappa shape index (κ1) is 13.1. The number of amides is 1. The van der Waals surface area contributed by atoms with Crippen LogP contribution in [0.5, 0.6) is 0 Å². The Kier molecular flexibility index (Phi) is 3.69. The van der Waals surface area contributed by atoms with Crippen LogP contribution in [0.4, 0.5) is 0 Å². The van der Waals surface area contributed by atoms with Crippen molar-refractivity contribution in [2.75, 3.05) is 6.54 Å². The van der Waals surface area contributed by atoms with E-state index in [4.69, 9.17) is 16.1 Å². The predicted octanol–water partition coefficient (Wildman–Crippen LogP) is 2.46. The minimum absolute atomic E-state index is 0.0615. The normalized spacial score (nSPS) is 18.9. The molecule has 104 valence electrons. The molecule has 20 heavy (non-hydrogen) atoms. The predicted molar refractivity (Wildman–Crippen MR) is 74.2 cm³/mol. The smallest absolute Gasteiger partial charge is 0.257 e. The van der Waals surface area contributed by atoms with Crippen molar-refractivity contribution in [3.05, 3.63) is 35.1 Å². The molecule has 0 bridgehead atoms. The molecule has 1 saturated heterocycles. The number of halogens is 1. The molecule has 1 unspecified atom stereocenters. The average molecular weight is 292 g/mol. The summed E-state index contributed by atoms with van der Waals surface area (Å²) in [6.45, 7) is 0.759. The second-order valence-electron chi connectivity index (χ2n) is 4.86. The first-order chi connectivity index (χ1) is 9.72. The molecule has 1 aromatic heterocycles. The molecule has 1 amide bonds. The highest BCUT2D eigenvalue weighted by Gasteiger charge is 2.24. The van der Waals surface area contributed by atoms with E-state index in [9.17, 15) is 4.79 Å². The Bertz CT molecular complexity index is 626. The van der Waals surface area contributed by atoms with E-state index in [1.165, 1.54) is 0 Å². The summed E-state index contributed by atoms with van der Waals surface area (Å²) in [6.07, 6.45) is 2.37. The number of carbonyl (C=O) groups excluding carboxylic acids is 1. The van der Waals surface area contributed by atoms with Crippen molar-refractivity contribution < 1.29 is 9.32 Å². The molecule has 3 rings (SSSR count). The van der Waals surface area contributed by atoms with Crippen LogP contribution in [-0.4, -0.2) is 22.6 Å². The lowest BCUT2D eigenvalue weighted by atomic mass is 9.95. The number of hydrogen-bond donors (Lipinski definition) is 1. The lowest BCUT2D eigenvalue weighted by Gasteiger charge is -2.20. The number of nitrogens with zero attached hydrogens (tertiary/aromatic N) is 2. The Labute approximate surface area is 121 Å². The van der Waals surface area contributed by atoms with E-state index in [1.807, 2.05) is 12.1 Å². The van der Waals surface area contributed by atoms with Gasteiger partial charge < -0.3 is 9.84 Å². The molecule has 1 aliphatic heterocycles. The van der Waals surface area contributed by atoms with Crippen molar-refractivity contribution in [1.29, 1.82) is 0 Å². The van der Waals surface area contributed by atoms with E-state index in [0.29, 0.717) is 23.2 Å². The molecule has 1 aliphatic rings. The van der Waals surface area contributed by atoms with E-state index in [0.717, 1.165) is 24.9 Å². The molecule has 1 fully saturated rings. The summed E-state index contributed by atoms with van der Waals surface area (Å²) in [7, 11) is 0. The Morgan fingerprint density at radius 1 is 1.45 bits per heavy atom. The van der Waals surface area contributed by atoms with Crippen LogP contribution < -0.4 is 5.32 Å². The van der Waals surface area contributed by atoms with Gasteiger partial charge in [0.05, 0.1) is 0 Å². The molecule has 5 nitrogen and oxygen atoms in total. The summed E-state index contributed by atoms with van der Waals surface area (Å²) in [5, 5.41) is 7.42. The van der Waals surface area contributed by atoms with Gasteiger partial charge in [0.25, 0.3) is 5.89 Å². The molecule has 1 aromatic carbocycles. The molecule has 1 atom stereocenters. The Balaban J connectivity index is 1.75. The van der Waals surface area contributed by atoms with E-state index in [1.54, 1.807) is 12.1 Å². The van der Waals surface area contributed by atoms with Gasteiger partial charge in [0, 0.05) is 29.5 Å². The first-order valence-electron chi connectivity index (χ1n) is 6.58. The molecule has 0 radical (unpaired) electrons. The maximum atomic E-state index is 11.7. The summed E-state index contributed by atoms with van der Waals surface area (Å²) in [5.74, 6) is 1.000. The zero-order chi connectivity index (χ0) is 13.9. The molecule has 0 saturated carbocycles. The van der Waals surface area contributed by atoms with Crippen LogP contribution in [0.1, 0.15) is 18.7 Å². The molecule has 2 aromatic rings. The lowest BCUT2D eigenvalue weighted by Crippen LogP contribution is -2.37. The van der Waals surface area contributed by atoms with Crippen molar-refractivity contribution in [2.24, 2.45) is 5.92 Å². The van der Waals surface area contributed by atoms with Gasteiger partial charge in [-0.2, -0.15) is 4.98 Å². The Hall–Kier alpha value is -1.88. The zero-order valence-electron chi connectivity index (χ0n) is 10.8. The van der Waals surface area contributed by atoms with Gasteiger partial charge in [-0.05, 0) is 31.0 Å². The summed E-state index contributed by atoms with van der Waals surface area (Å²) < 4.78 is 5.23. The number of benzene rings is 1. The number of piperidine rings is 1. The van der Waals surface area contributed by atoms with Crippen molar-refractivity contribution in [1.82, 2.24) is 15.5 Å². The van der Waals surface area contributed by atoms with Gasteiger partial charge in [0.2, 0.25) is 5.91 Å². The van der Waals surface area contributed by atoms with Gasteiger partial charge in [-0.3, -0.25) is 4.79 Å². The second-order valence-corrected chi connectivity index (χ2v) is 5.30. The van der Waals surface area contributed by atoms with Crippen LogP contribution in [0.15, 0.2) is 28.8 Å². The van der Waals surface area contributed by atoms with Gasteiger partial charge in [-0.1, -0.05) is 22.8 Å². The minimum Gasteiger partial charge on any atom is -0.356 e. The van der Waals surface area contributed by atoms with E-state index >= 15 is 0 Å². The zero-order valence-corrected chi connectivity index (χ0v) is 11.6. The van der Waals surface area contributed by atoms with Gasteiger partial charge in [0.15, 0.2) is 5.82 Å². The fourth-order valence-corrected chi connectivity index (χ4v) is 2.52. The summed E-state index contributed by atoms with van der Waals surface area (Å²) in [5.41, 5.74) is 0.782. The maximum Gasteiger partial charge on any atom is 0.257 e. The standard InChI is InChI=1S/C14H14ClN3O2/c15-11-5-1-3-10(7-11)14-17-12(18-20-14)8-9-4-2-6-16-13(9)19/h1,3,5,7,9H,2,4,6,8H2,(H,16,19). The summed E-state index contributed by atoms with van der Waals surface area (Å²) >= 11 is 5.93. The monoisotopic (exact) mass is 291 g/mol. The third kappa shape index (κ3) is 2.82. The molecule has 1 N–H and O–H groups in total. The Morgan fingerprint density at radius 3 is 3.15 bits per heavy atom. The van der Waals surface area contributed by atoms with E-state index in [-0.39, 0.29) is 11.8 Å².